The summed E-state index contributed by atoms with van der Waals surface area (Å²) in [7, 11) is 0. The fraction of sp³-hybridized carbons (Fsp3) is 0.429. The number of rotatable bonds is 5. The molecule has 0 aliphatic carbocycles. The first-order valence-corrected chi connectivity index (χ1v) is 9.45. The zero-order valence-electron chi connectivity index (χ0n) is 15.4. The molecule has 5 heteroatoms. The van der Waals surface area contributed by atoms with Crippen molar-refractivity contribution in [1.29, 1.82) is 0 Å². The SMILES string of the molecule is CCNC(=NCc1cccc2ccccc12)N1CCCC(CC(N)=O)C1. The summed E-state index contributed by atoms with van der Waals surface area (Å²) in [5.74, 6) is 1.03. The van der Waals surface area contributed by atoms with Crippen LogP contribution in [0.4, 0.5) is 0 Å². The van der Waals surface area contributed by atoms with Crippen LogP contribution in [0.2, 0.25) is 0 Å². The van der Waals surface area contributed by atoms with Crippen molar-refractivity contribution in [3.05, 3.63) is 48.0 Å². The van der Waals surface area contributed by atoms with Gasteiger partial charge in [-0.1, -0.05) is 42.5 Å². The number of benzene rings is 2. The predicted octanol–water partition coefficient (Wildman–Crippen LogP) is 2.89. The summed E-state index contributed by atoms with van der Waals surface area (Å²) in [6.45, 7) is 5.35. The number of carbonyl (C=O) groups excluding carboxylic acids is 1. The molecular formula is C21H28N4O. The average Bonchev–Trinajstić information content (AvgIpc) is 2.65. The predicted molar refractivity (Wildman–Crippen MR) is 107 cm³/mol. The highest BCUT2D eigenvalue weighted by Crippen LogP contribution is 2.21. The Balaban J connectivity index is 1.77. The lowest BCUT2D eigenvalue weighted by Gasteiger charge is -2.34. The van der Waals surface area contributed by atoms with Gasteiger partial charge in [0.25, 0.3) is 0 Å². The van der Waals surface area contributed by atoms with Crippen molar-refractivity contribution in [3.63, 3.8) is 0 Å². The molecule has 1 saturated heterocycles. The highest BCUT2D eigenvalue weighted by molar-refractivity contribution is 5.86. The van der Waals surface area contributed by atoms with E-state index in [9.17, 15) is 4.79 Å². The van der Waals surface area contributed by atoms with Crippen LogP contribution in [0.1, 0.15) is 31.7 Å². The molecule has 0 spiro atoms. The van der Waals surface area contributed by atoms with Crippen molar-refractivity contribution in [3.8, 4) is 0 Å². The number of likely N-dealkylation sites (tertiary alicyclic amines) is 1. The van der Waals surface area contributed by atoms with E-state index in [0.717, 1.165) is 38.4 Å². The Labute approximate surface area is 155 Å². The third kappa shape index (κ3) is 4.54. The number of hydrogen-bond acceptors (Lipinski definition) is 2. The summed E-state index contributed by atoms with van der Waals surface area (Å²) in [4.78, 5) is 18.4. The summed E-state index contributed by atoms with van der Waals surface area (Å²) < 4.78 is 0. The summed E-state index contributed by atoms with van der Waals surface area (Å²) in [6.07, 6.45) is 2.58. The molecular weight excluding hydrogens is 324 g/mol. The van der Waals surface area contributed by atoms with E-state index in [1.165, 1.54) is 16.3 Å². The minimum Gasteiger partial charge on any atom is -0.370 e. The second-order valence-corrected chi connectivity index (χ2v) is 6.93. The molecule has 1 unspecified atom stereocenters. The van der Waals surface area contributed by atoms with Crippen LogP contribution in [0.25, 0.3) is 10.8 Å². The molecule has 5 nitrogen and oxygen atoms in total. The van der Waals surface area contributed by atoms with E-state index in [0.29, 0.717) is 18.9 Å². The van der Waals surface area contributed by atoms with Gasteiger partial charge in [0, 0.05) is 26.1 Å². The molecule has 1 fully saturated rings. The molecule has 2 aromatic carbocycles. The summed E-state index contributed by atoms with van der Waals surface area (Å²) >= 11 is 0. The van der Waals surface area contributed by atoms with Gasteiger partial charge in [0.1, 0.15) is 0 Å². The number of piperidine rings is 1. The molecule has 1 aliphatic heterocycles. The molecule has 0 radical (unpaired) electrons. The fourth-order valence-corrected chi connectivity index (χ4v) is 3.72. The highest BCUT2D eigenvalue weighted by atomic mass is 16.1. The van der Waals surface area contributed by atoms with E-state index in [1.54, 1.807) is 0 Å². The van der Waals surface area contributed by atoms with Gasteiger partial charge in [-0.3, -0.25) is 4.79 Å². The molecule has 0 aromatic heterocycles. The number of nitrogens with zero attached hydrogens (tertiary/aromatic N) is 2. The maximum absolute atomic E-state index is 11.3. The lowest BCUT2D eigenvalue weighted by atomic mass is 9.95. The van der Waals surface area contributed by atoms with Gasteiger partial charge in [-0.15, -0.1) is 0 Å². The van der Waals surface area contributed by atoms with Crippen molar-refractivity contribution in [2.45, 2.75) is 32.7 Å². The van der Waals surface area contributed by atoms with Crippen molar-refractivity contribution in [2.75, 3.05) is 19.6 Å². The van der Waals surface area contributed by atoms with Gasteiger partial charge in [0.2, 0.25) is 5.91 Å². The molecule has 0 saturated carbocycles. The quantitative estimate of drug-likeness (QED) is 0.642. The number of nitrogens with one attached hydrogen (secondary N) is 1. The van der Waals surface area contributed by atoms with Crippen LogP contribution in [0.5, 0.6) is 0 Å². The average molecular weight is 352 g/mol. The summed E-state index contributed by atoms with van der Waals surface area (Å²) in [5.41, 5.74) is 6.61. The Hall–Kier alpha value is -2.56. The van der Waals surface area contributed by atoms with Crippen LogP contribution in [0, 0.1) is 5.92 Å². The van der Waals surface area contributed by atoms with Gasteiger partial charge in [-0.25, -0.2) is 4.99 Å². The van der Waals surface area contributed by atoms with E-state index >= 15 is 0 Å². The Morgan fingerprint density at radius 2 is 2.08 bits per heavy atom. The summed E-state index contributed by atoms with van der Waals surface area (Å²) in [6, 6.07) is 14.8. The van der Waals surface area contributed by atoms with E-state index < -0.39 is 0 Å². The van der Waals surface area contributed by atoms with Crippen LogP contribution < -0.4 is 11.1 Å². The highest BCUT2D eigenvalue weighted by Gasteiger charge is 2.23. The Kier molecular flexibility index (Phi) is 6.10. The van der Waals surface area contributed by atoms with Gasteiger partial charge in [0.05, 0.1) is 6.54 Å². The number of primary amides is 1. The standard InChI is InChI=1S/C21H28N4O/c1-2-23-21(25-12-6-7-16(15-25)13-20(22)26)24-14-18-10-5-9-17-8-3-4-11-19(17)18/h3-5,8-11,16H,2,6-7,12-15H2,1H3,(H2,22,26)(H,23,24). The molecule has 26 heavy (non-hydrogen) atoms. The maximum Gasteiger partial charge on any atom is 0.217 e. The smallest absolute Gasteiger partial charge is 0.217 e. The van der Waals surface area contributed by atoms with Gasteiger partial charge in [-0.2, -0.15) is 0 Å². The molecule has 3 rings (SSSR count). The Bertz CT molecular complexity index is 781. The first-order chi connectivity index (χ1) is 12.7. The van der Waals surface area contributed by atoms with Crippen LogP contribution >= 0.6 is 0 Å². The number of nitrogens with two attached hydrogens (primary N) is 1. The number of amides is 1. The van der Waals surface area contributed by atoms with Gasteiger partial charge in [-0.05, 0) is 42.0 Å². The van der Waals surface area contributed by atoms with Gasteiger partial charge in [0.15, 0.2) is 5.96 Å². The zero-order valence-corrected chi connectivity index (χ0v) is 15.4. The molecule has 1 heterocycles. The van der Waals surface area contributed by atoms with E-state index in [-0.39, 0.29) is 5.91 Å². The van der Waals surface area contributed by atoms with E-state index in [2.05, 4.69) is 59.6 Å². The molecule has 2 aromatic rings. The van der Waals surface area contributed by atoms with E-state index in [4.69, 9.17) is 10.7 Å². The number of fused-ring (bicyclic) bond motifs is 1. The van der Waals surface area contributed by atoms with Gasteiger partial charge >= 0.3 is 0 Å². The van der Waals surface area contributed by atoms with Crippen LogP contribution in [0.15, 0.2) is 47.5 Å². The van der Waals surface area contributed by atoms with Gasteiger partial charge < -0.3 is 16.0 Å². The largest absolute Gasteiger partial charge is 0.370 e. The first kappa shape index (κ1) is 18.2. The van der Waals surface area contributed by atoms with Crippen LogP contribution in [-0.2, 0) is 11.3 Å². The topological polar surface area (TPSA) is 70.7 Å². The second kappa shape index (κ2) is 8.70. The van der Waals surface area contributed by atoms with Crippen molar-refractivity contribution >= 4 is 22.6 Å². The van der Waals surface area contributed by atoms with E-state index in [1.807, 2.05) is 0 Å². The Morgan fingerprint density at radius 3 is 2.88 bits per heavy atom. The maximum atomic E-state index is 11.3. The van der Waals surface area contributed by atoms with Crippen LogP contribution in [-0.4, -0.2) is 36.4 Å². The Morgan fingerprint density at radius 1 is 1.27 bits per heavy atom. The molecule has 138 valence electrons. The molecule has 3 N–H and O–H groups in total. The van der Waals surface area contributed by atoms with Crippen molar-refractivity contribution in [2.24, 2.45) is 16.6 Å². The zero-order chi connectivity index (χ0) is 18.4. The first-order valence-electron chi connectivity index (χ1n) is 9.45. The monoisotopic (exact) mass is 352 g/mol. The summed E-state index contributed by atoms with van der Waals surface area (Å²) in [5, 5.41) is 5.89. The van der Waals surface area contributed by atoms with Crippen molar-refractivity contribution < 1.29 is 4.79 Å². The number of aliphatic imine (C=N–C) groups is 1. The molecule has 1 atom stereocenters. The normalized spacial score (nSPS) is 18.1. The minimum atomic E-state index is -0.213. The third-order valence-electron chi connectivity index (χ3n) is 4.92. The fourth-order valence-electron chi connectivity index (χ4n) is 3.72. The third-order valence-corrected chi connectivity index (χ3v) is 4.92. The molecule has 0 bridgehead atoms. The number of guanidine groups is 1. The molecule has 1 amide bonds. The molecule has 1 aliphatic rings. The number of hydrogen-bond donors (Lipinski definition) is 2. The number of carbonyl (C=O) groups is 1. The van der Waals surface area contributed by atoms with Crippen molar-refractivity contribution in [1.82, 2.24) is 10.2 Å². The lowest BCUT2D eigenvalue weighted by Crippen LogP contribution is -2.47. The lowest BCUT2D eigenvalue weighted by molar-refractivity contribution is -0.119. The van der Waals surface area contributed by atoms with Crippen LogP contribution in [0.3, 0.4) is 0 Å². The second-order valence-electron chi connectivity index (χ2n) is 6.93. The minimum absolute atomic E-state index is 0.213.